The lowest BCUT2D eigenvalue weighted by atomic mass is 9.95. The first-order valence-corrected chi connectivity index (χ1v) is 19.1. The van der Waals surface area contributed by atoms with Crippen LogP contribution in [-0.4, -0.2) is 53.2 Å². The number of hydrogen-bond donors (Lipinski definition) is 3. The molecule has 6 aromatic rings. The summed E-state index contributed by atoms with van der Waals surface area (Å²) in [5.41, 5.74) is 9.55. The molecular weight excluding hydrogens is 709 g/mol. The molecule has 0 saturated carbocycles. The number of amides is 1. The van der Waals surface area contributed by atoms with Gasteiger partial charge in [-0.05, 0) is 106 Å². The summed E-state index contributed by atoms with van der Waals surface area (Å²) in [5, 5.41) is 17.7. The van der Waals surface area contributed by atoms with Crippen LogP contribution in [0.3, 0.4) is 0 Å². The Hall–Kier alpha value is -5.36. The molecule has 2 aliphatic rings. The van der Waals surface area contributed by atoms with Crippen LogP contribution in [0.1, 0.15) is 56.8 Å². The largest absolute Gasteiger partial charge is 0.478 e. The zero-order valence-corrected chi connectivity index (χ0v) is 31.1. The van der Waals surface area contributed by atoms with Gasteiger partial charge in [0.1, 0.15) is 11.1 Å². The molecule has 0 atom stereocenters. The van der Waals surface area contributed by atoms with Crippen molar-refractivity contribution in [2.24, 2.45) is 5.73 Å². The number of thiophene rings is 2. The Morgan fingerprint density at radius 1 is 0.660 bits per heavy atom. The fourth-order valence-corrected chi connectivity index (χ4v) is 8.27. The molecule has 0 fully saturated rings. The lowest BCUT2D eigenvalue weighted by molar-refractivity contribution is -0.150. The number of carbonyl (C=O) groups is 4. The van der Waals surface area contributed by atoms with Crippen molar-refractivity contribution in [3.05, 3.63) is 141 Å². The quantitative estimate of drug-likeness (QED) is 0.144. The predicted molar refractivity (Wildman–Crippen MR) is 209 cm³/mol. The fourth-order valence-electron chi connectivity index (χ4n) is 6.73. The van der Waals surface area contributed by atoms with Crippen molar-refractivity contribution in [2.45, 2.75) is 50.6 Å². The fraction of sp³-hybridized carbons (Fsp3) is 0.238. The van der Waals surface area contributed by atoms with Crippen molar-refractivity contribution in [3.63, 3.8) is 0 Å². The average molecular weight is 749 g/mol. The molecule has 4 N–H and O–H groups in total. The molecule has 0 aliphatic heterocycles. The highest BCUT2D eigenvalue weighted by Crippen LogP contribution is 2.32. The Bertz CT molecular complexity index is 2240. The van der Waals surface area contributed by atoms with E-state index in [2.05, 4.69) is 5.32 Å². The van der Waals surface area contributed by atoms with Crippen LogP contribution in [0, 0.1) is 0 Å². The average Bonchev–Trinajstić information content (AvgIpc) is 3.96. The van der Waals surface area contributed by atoms with Crippen LogP contribution in [0.15, 0.2) is 108 Å². The second kappa shape index (κ2) is 16.1. The molecule has 11 heteroatoms. The molecule has 0 bridgehead atoms. The van der Waals surface area contributed by atoms with Gasteiger partial charge >= 0.3 is 17.9 Å². The smallest absolute Gasteiger partial charge is 0.335 e. The van der Waals surface area contributed by atoms with Gasteiger partial charge < -0.3 is 25.6 Å². The van der Waals surface area contributed by atoms with E-state index in [4.69, 9.17) is 20.3 Å². The zero-order chi connectivity index (χ0) is 37.6. The molecule has 272 valence electrons. The Morgan fingerprint density at radius 3 is 1.60 bits per heavy atom. The number of rotatable bonds is 7. The highest BCUT2D eigenvalue weighted by molar-refractivity contribution is 7.17. The summed E-state index contributed by atoms with van der Waals surface area (Å²) < 4.78 is 12.6. The zero-order valence-electron chi connectivity index (χ0n) is 29.4. The normalized spacial score (nSPS) is 14.5. The van der Waals surface area contributed by atoms with Gasteiger partial charge in [-0.2, -0.15) is 0 Å². The summed E-state index contributed by atoms with van der Waals surface area (Å²) >= 11 is 3.25. The van der Waals surface area contributed by atoms with Crippen LogP contribution in [-0.2, 0) is 44.7 Å². The number of ether oxygens (including phenoxy) is 2. The molecule has 2 heterocycles. The Morgan fingerprint density at radius 2 is 1.11 bits per heavy atom. The minimum Gasteiger partial charge on any atom is -0.478 e. The summed E-state index contributed by atoms with van der Waals surface area (Å²) in [6, 6.07) is 30.5. The molecule has 0 saturated heterocycles. The standard InChI is InChI=1S/C21H19NO3S.C12H15NO2.C9H6O2S/c1-2-25-20(24)21(12-16-5-3-4-6-17(16)13-21)22-19(23)15-7-8-18-14(11-15)9-10-26-18;1-2-15-11(14)12(13)7-9-5-3-4-6-10(9)8-12;10-9(11)7-1-2-8-6(5-7)3-4-12-8/h3-11H,2,12-13H2,1H3,(H,22,23);3-6H,2,7-8,13H2,1H3;1-5H,(H,10,11). The molecule has 8 rings (SSSR count). The maximum absolute atomic E-state index is 12.9. The number of benzene rings is 4. The number of hydrogen-bond acceptors (Lipinski definition) is 9. The van der Waals surface area contributed by atoms with Gasteiger partial charge in [-0.15, -0.1) is 22.7 Å². The van der Waals surface area contributed by atoms with Crippen molar-refractivity contribution < 1.29 is 33.8 Å². The minimum atomic E-state index is -1.04. The number of nitrogens with two attached hydrogens (primary N) is 1. The maximum atomic E-state index is 12.9. The highest BCUT2D eigenvalue weighted by Gasteiger charge is 2.46. The van der Waals surface area contributed by atoms with Crippen LogP contribution in [0.25, 0.3) is 20.2 Å². The molecule has 1 amide bonds. The van der Waals surface area contributed by atoms with Crippen molar-refractivity contribution in [1.82, 2.24) is 5.32 Å². The van der Waals surface area contributed by atoms with Gasteiger partial charge in [-0.1, -0.05) is 48.5 Å². The number of aromatic carboxylic acids is 1. The Labute approximate surface area is 315 Å². The van der Waals surface area contributed by atoms with Gasteiger partial charge in [-0.3, -0.25) is 9.59 Å². The van der Waals surface area contributed by atoms with Gasteiger partial charge in [0, 0.05) is 40.6 Å². The molecule has 53 heavy (non-hydrogen) atoms. The highest BCUT2D eigenvalue weighted by atomic mass is 32.1. The first kappa shape index (κ1) is 37.4. The van der Waals surface area contributed by atoms with E-state index >= 15 is 0 Å². The number of carbonyl (C=O) groups excluding carboxylic acids is 3. The molecule has 0 radical (unpaired) electrons. The van der Waals surface area contributed by atoms with E-state index in [0.717, 1.165) is 42.4 Å². The van der Waals surface area contributed by atoms with E-state index in [1.54, 1.807) is 54.7 Å². The van der Waals surface area contributed by atoms with E-state index in [9.17, 15) is 19.2 Å². The third kappa shape index (κ3) is 8.33. The molecule has 2 aromatic heterocycles. The topological polar surface area (TPSA) is 145 Å². The summed E-state index contributed by atoms with van der Waals surface area (Å²) in [4.78, 5) is 47.9. The molecular formula is C42H40N2O7S2. The van der Waals surface area contributed by atoms with Crippen LogP contribution in [0.5, 0.6) is 0 Å². The van der Waals surface area contributed by atoms with Crippen molar-refractivity contribution >= 4 is 66.7 Å². The summed E-state index contributed by atoms with van der Waals surface area (Å²) in [7, 11) is 0. The second-order valence-electron chi connectivity index (χ2n) is 13.0. The number of nitrogens with one attached hydrogen (secondary N) is 1. The van der Waals surface area contributed by atoms with E-state index in [1.165, 1.54) is 0 Å². The minimum absolute atomic E-state index is 0.251. The lowest BCUT2D eigenvalue weighted by Gasteiger charge is -2.28. The number of esters is 2. The van der Waals surface area contributed by atoms with Crippen LogP contribution >= 0.6 is 22.7 Å². The van der Waals surface area contributed by atoms with Gasteiger partial charge in [0.25, 0.3) is 5.91 Å². The van der Waals surface area contributed by atoms with Gasteiger partial charge in [0.15, 0.2) is 0 Å². The SMILES string of the molecule is CCOC(=O)C1(N)Cc2ccccc2C1.CCOC(=O)C1(NC(=O)c2ccc3sccc3c2)Cc2ccccc2C1.O=C(O)c1ccc2sccc2c1. The summed E-state index contributed by atoms with van der Waals surface area (Å²) in [5.74, 6) is -1.79. The maximum Gasteiger partial charge on any atom is 0.335 e. The number of carboxylic acids is 1. The third-order valence-electron chi connectivity index (χ3n) is 9.35. The molecule has 2 aliphatic carbocycles. The lowest BCUT2D eigenvalue weighted by Crippen LogP contribution is -2.56. The van der Waals surface area contributed by atoms with Crippen LogP contribution < -0.4 is 11.1 Å². The van der Waals surface area contributed by atoms with Crippen LogP contribution in [0.2, 0.25) is 0 Å². The third-order valence-corrected chi connectivity index (χ3v) is 11.1. The van der Waals surface area contributed by atoms with Crippen molar-refractivity contribution in [1.29, 1.82) is 0 Å². The van der Waals surface area contributed by atoms with E-state index in [1.807, 2.05) is 89.6 Å². The number of carboxylic acid groups (broad SMARTS) is 1. The molecule has 0 unspecified atom stereocenters. The van der Waals surface area contributed by atoms with Crippen molar-refractivity contribution in [3.8, 4) is 0 Å². The van der Waals surface area contributed by atoms with E-state index < -0.39 is 17.0 Å². The first-order valence-electron chi connectivity index (χ1n) is 17.3. The molecule has 4 aromatic carbocycles. The Kier molecular flexibility index (Phi) is 11.4. The monoisotopic (exact) mass is 748 g/mol. The molecule has 0 spiro atoms. The summed E-state index contributed by atoms with van der Waals surface area (Å²) in [6.07, 6.45) is 2.08. The second-order valence-corrected chi connectivity index (χ2v) is 14.9. The van der Waals surface area contributed by atoms with Gasteiger partial charge in [0.05, 0.1) is 18.8 Å². The number of fused-ring (bicyclic) bond motifs is 4. The Balaban J connectivity index is 0.000000150. The molecule has 9 nitrogen and oxygen atoms in total. The van der Waals surface area contributed by atoms with Gasteiger partial charge in [-0.25, -0.2) is 9.59 Å². The predicted octanol–water partition coefficient (Wildman–Crippen LogP) is 7.38. The van der Waals surface area contributed by atoms with E-state index in [-0.39, 0.29) is 24.5 Å². The van der Waals surface area contributed by atoms with E-state index in [0.29, 0.717) is 43.4 Å². The first-order chi connectivity index (χ1) is 25.5. The van der Waals surface area contributed by atoms with Gasteiger partial charge in [0.2, 0.25) is 0 Å². The van der Waals surface area contributed by atoms with Crippen molar-refractivity contribution in [2.75, 3.05) is 13.2 Å². The summed E-state index contributed by atoms with van der Waals surface area (Å²) in [6.45, 7) is 4.24. The van der Waals surface area contributed by atoms with Crippen LogP contribution in [0.4, 0.5) is 0 Å².